The third-order valence-corrected chi connectivity index (χ3v) is 3.03. The van der Waals surface area contributed by atoms with Gasteiger partial charge in [0.1, 0.15) is 0 Å². The van der Waals surface area contributed by atoms with E-state index in [9.17, 15) is 9.59 Å². The predicted molar refractivity (Wildman–Crippen MR) is 64.7 cm³/mol. The van der Waals surface area contributed by atoms with Crippen LogP contribution in [0, 0.1) is 5.92 Å². The fourth-order valence-corrected chi connectivity index (χ4v) is 2.07. The van der Waals surface area contributed by atoms with E-state index in [-0.39, 0.29) is 24.3 Å². The van der Waals surface area contributed by atoms with Crippen molar-refractivity contribution in [3.63, 3.8) is 0 Å². The number of carboxylic acid groups (broad SMARTS) is 1. The van der Waals surface area contributed by atoms with Crippen LogP contribution in [0.25, 0.3) is 0 Å². The Bertz CT molecular complexity index is 271. The first-order chi connectivity index (χ1) is 7.99. The maximum Gasteiger partial charge on any atom is 0.304 e. The first kappa shape index (κ1) is 14.0. The number of nitrogens with one attached hydrogen (secondary N) is 1. The van der Waals surface area contributed by atoms with Gasteiger partial charge in [0.25, 0.3) is 0 Å². The third-order valence-electron chi connectivity index (χ3n) is 3.03. The van der Waals surface area contributed by atoms with Gasteiger partial charge in [-0.2, -0.15) is 0 Å². The van der Waals surface area contributed by atoms with Crippen LogP contribution >= 0.6 is 0 Å². The summed E-state index contributed by atoms with van der Waals surface area (Å²) in [5, 5.41) is 11.5. The average molecular weight is 242 g/mol. The van der Waals surface area contributed by atoms with E-state index in [2.05, 4.69) is 10.2 Å². The van der Waals surface area contributed by atoms with Crippen LogP contribution in [0.3, 0.4) is 0 Å². The Morgan fingerprint density at radius 2 is 1.94 bits per heavy atom. The minimum Gasteiger partial charge on any atom is -0.481 e. The Balaban J connectivity index is 2.25. The zero-order chi connectivity index (χ0) is 12.8. The third kappa shape index (κ3) is 5.17. The molecule has 1 aliphatic heterocycles. The largest absolute Gasteiger partial charge is 0.481 e. The van der Waals surface area contributed by atoms with Crippen LogP contribution < -0.4 is 5.32 Å². The molecule has 1 saturated heterocycles. The van der Waals surface area contributed by atoms with Gasteiger partial charge in [-0.25, -0.2) is 0 Å². The minimum atomic E-state index is -0.760. The summed E-state index contributed by atoms with van der Waals surface area (Å²) in [6.07, 6.45) is 1.85. The first-order valence-electron chi connectivity index (χ1n) is 6.23. The Hall–Kier alpha value is -1.10. The van der Waals surface area contributed by atoms with Crippen molar-refractivity contribution < 1.29 is 14.7 Å². The van der Waals surface area contributed by atoms with Crippen LogP contribution in [-0.2, 0) is 9.59 Å². The molecule has 0 saturated carbocycles. The van der Waals surface area contributed by atoms with Crippen LogP contribution in [-0.4, -0.2) is 47.6 Å². The molecule has 1 heterocycles. The molecular formula is C12H22N2O3. The number of hydrogen-bond acceptors (Lipinski definition) is 3. The zero-order valence-corrected chi connectivity index (χ0v) is 10.6. The Morgan fingerprint density at radius 1 is 1.35 bits per heavy atom. The summed E-state index contributed by atoms with van der Waals surface area (Å²) in [5.74, 6) is -0.527. The fraction of sp³-hybridized carbons (Fsp3) is 0.833. The first-order valence-corrected chi connectivity index (χ1v) is 6.23. The summed E-state index contributed by atoms with van der Waals surface area (Å²) in [6.45, 7) is 6.15. The Labute approximate surface area is 102 Å². The molecule has 5 nitrogen and oxygen atoms in total. The van der Waals surface area contributed by atoms with Gasteiger partial charge in [-0.3, -0.25) is 9.59 Å². The number of amides is 1. The Morgan fingerprint density at radius 3 is 2.41 bits per heavy atom. The second-order valence-corrected chi connectivity index (χ2v) is 4.92. The van der Waals surface area contributed by atoms with Crippen LogP contribution in [0.2, 0.25) is 0 Å². The van der Waals surface area contributed by atoms with Crippen molar-refractivity contribution in [2.24, 2.45) is 5.92 Å². The molecule has 2 N–H and O–H groups in total. The van der Waals surface area contributed by atoms with E-state index in [4.69, 9.17) is 5.11 Å². The molecule has 0 aromatic heterocycles. The monoisotopic (exact) mass is 242 g/mol. The predicted octanol–water partition coefficient (Wildman–Crippen LogP) is 0.698. The number of likely N-dealkylation sites (tertiary alicyclic amines) is 1. The highest BCUT2D eigenvalue weighted by Gasteiger charge is 2.25. The summed E-state index contributed by atoms with van der Waals surface area (Å²) in [4.78, 5) is 24.3. The van der Waals surface area contributed by atoms with Gasteiger partial charge in [0, 0.05) is 18.5 Å². The van der Waals surface area contributed by atoms with E-state index >= 15 is 0 Å². The van der Waals surface area contributed by atoms with Gasteiger partial charge in [-0.05, 0) is 39.8 Å². The molecular weight excluding hydrogens is 220 g/mol. The van der Waals surface area contributed by atoms with Gasteiger partial charge in [0.05, 0.1) is 6.42 Å². The van der Waals surface area contributed by atoms with Crippen molar-refractivity contribution in [1.29, 1.82) is 0 Å². The molecule has 98 valence electrons. The number of carbonyl (C=O) groups excluding carboxylic acids is 1. The highest BCUT2D eigenvalue weighted by atomic mass is 16.4. The van der Waals surface area contributed by atoms with Crippen molar-refractivity contribution in [3.8, 4) is 0 Å². The van der Waals surface area contributed by atoms with Crippen molar-refractivity contribution in [2.75, 3.05) is 19.6 Å². The number of carbonyl (C=O) groups is 2. The number of carboxylic acids is 1. The standard InChI is InChI=1S/C12H22N2O3/c1-9(2)13-12(17)10-3-6-14(7-4-10)8-5-11(15)16/h9-10H,3-8H2,1-2H3,(H,13,17)(H,15,16). The maximum absolute atomic E-state index is 11.8. The summed E-state index contributed by atoms with van der Waals surface area (Å²) in [7, 11) is 0. The zero-order valence-electron chi connectivity index (χ0n) is 10.6. The molecule has 0 aliphatic carbocycles. The summed E-state index contributed by atoms with van der Waals surface area (Å²) >= 11 is 0. The van der Waals surface area contributed by atoms with Crippen molar-refractivity contribution in [3.05, 3.63) is 0 Å². The molecule has 0 unspecified atom stereocenters. The highest BCUT2D eigenvalue weighted by molar-refractivity contribution is 5.79. The van der Waals surface area contributed by atoms with Gasteiger partial charge >= 0.3 is 5.97 Å². The molecule has 5 heteroatoms. The number of hydrogen-bond donors (Lipinski definition) is 2. The van der Waals surface area contributed by atoms with Gasteiger partial charge in [0.15, 0.2) is 0 Å². The SMILES string of the molecule is CC(C)NC(=O)C1CCN(CCC(=O)O)CC1. The lowest BCUT2D eigenvalue weighted by Gasteiger charge is -2.31. The van der Waals surface area contributed by atoms with Gasteiger partial charge in [0.2, 0.25) is 5.91 Å². The number of rotatable bonds is 5. The van der Waals surface area contributed by atoms with E-state index < -0.39 is 5.97 Å². The number of piperidine rings is 1. The number of nitrogens with zero attached hydrogens (tertiary/aromatic N) is 1. The minimum absolute atomic E-state index is 0.0958. The topological polar surface area (TPSA) is 69.6 Å². The van der Waals surface area contributed by atoms with Crippen LogP contribution in [0.4, 0.5) is 0 Å². The Kier molecular flexibility index (Phi) is 5.41. The fourth-order valence-electron chi connectivity index (χ4n) is 2.07. The quantitative estimate of drug-likeness (QED) is 0.744. The second kappa shape index (κ2) is 6.59. The molecule has 0 radical (unpaired) electrons. The average Bonchev–Trinajstić information content (AvgIpc) is 2.26. The molecule has 0 spiro atoms. The summed E-state index contributed by atoms with van der Waals surface area (Å²) in [6, 6.07) is 0.188. The lowest BCUT2D eigenvalue weighted by Crippen LogP contribution is -2.42. The van der Waals surface area contributed by atoms with Crippen molar-refractivity contribution >= 4 is 11.9 Å². The van der Waals surface area contributed by atoms with Crippen LogP contribution in [0.5, 0.6) is 0 Å². The molecule has 17 heavy (non-hydrogen) atoms. The van der Waals surface area contributed by atoms with Crippen molar-refractivity contribution in [1.82, 2.24) is 10.2 Å². The molecule has 0 aromatic rings. The molecule has 1 fully saturated rings. The normalized spacial score (nSPS) is 18.3. The molecule has 0 bridgehead atoms. The van der Waals surface area contributed by atoms with E-state index in [0.29, 0.717) is 6.54 Å². The second-order valence-electron chi connectivity index (χ2n) is 4.92. The molecule has 0 aromatic carbocycles. The van der Waals surface area contributed by atoms with E-state index in [1.54, 1.807) is 0 Å². The summed E-state index contributed by atoms with van der Waals surface area (Å²) in [5.41, 5.74) is 0. The molecule has 1 amide bonds. The lowest BCUT2D eigenvalue weighted by molar-refractivity contribution is -0.137. The molecule has 0 atom stereocenters. The van der Waals surface area contributed by atoms with Crippen LogP contribution in [0.15, 0.2) is 0 Å². The smallest absolute Gasteiger partial charge is 0.304 e. The van der Waals surface area contributed by atoms with Gasteiger partial charge in [-0.1, -0.05) is 0 Å². The van der Waals surface area contributed by atoms with Gasteiger partial charge in [-0.15, -0.1) is 0 Å². The lowest BCUT2D eigenvalue weighted by atomic mass is 9.95. The number of aliphatic carboxylic acids is 1. The molecule has 1 aliphatic rings. The van der Waals surface area contributed by atoms with Gasteiger partial charge < -0.3 is 15.3 Å². The van der Waals surface area contributed by atoms with E-state index in [1.165, 1.54) is 0 Å². The summed E-state index contributed by atoms with van der Waals surface area (Å²) < 4.78 is 0. The molecule has 1 rings (SSSR count). The van der Waals surface area contributed by atoms with E-state index in [0.717, 1.165) is 25.9 Å². The van der Waals surface area contributed by atoms with Crippen molar-refractivity contribution in [2.45, 2.75) is 39.2 Å². The highest BCUT2D eigenvalue weighted by Crippen LogP contribution is 2.17. The maximum atomic E-state index is 11.8. The van der Waals surface area contributed by atoms with E-state index in [1.807, 2.05) is 13.8 Å². The van der Waals surface area contributed by atoms with Crippen LogP contribution in [0.1, 0.15) is 33.1 Å².